The van der Waals surface area contributed by atoms with E-state index in [1.807, 2.05) is 0 Å². The van der Waals surface area contributed by atoms with Gasteiger partial charge in [0.1, 0.15) is 0 Å². The van der Waals surface area contributed by atoms with Gasteiger partial charge in [-0.15, -0.1) is 0 Å². The maximum atomic E-state index is 13.1. The molecule has 0 aliphatic heterocycles. The minimum Gasteiger partial charge on any atom is -0.491 e. The van der Waals surface area contributed by atoms with Crippen LogP contribution >= 0.6 is 23.2 Å². The van der Waals surface area contributed by atoms with Gasteiger partial charge >= 0.3 is 0 Å². The molecule has 0 unspecified atom stereocenters. The Labute approximate surface area is 80.0 Å². The van der Waals surface area contributed by atoms with Crippen molar-refractivity contribution in [1.82, 2.24) is 0 Å². The summed E-state index contributed by atoms with van der Waals surface area (Å²) in [6.07, 6.45) is 0. The number of hydrogen-bond acceptors (Lipinski definition) is 1. The highest BCUT2D eigenvalue weighted by Gasteiger charge is 2.10. The van der Waals surface area contributed by atoms with Gasteiger partial charge in [-0.05, 0) is 19.1 Å². The van der Waals surface area contributed by atoms with E-state index in [9.17, 15) is 4.39 Å². The van der Waals surface area contributed by atoms with Crippen molar-refractivity contribution in [3.8, 4) is 5.75 Å². The molecule has 1 aromatic rings. The maximum absolute atomic E-state index is 13.1. The zero-order chi connectivity index (χ0) is 9.14. The van der Waals surface area contributed by atoms with Crippen LogP contribution in [0.2, 0.25) is 10.0 Å². The lowest BCUT2D eigenvalue weighted by Crippen LogP contribution is -1.94. The number of ether oxygens (including phenoxy) is 1. The molecule has 66 valence electrons. The monoisotopic (exact) mass is 208 g/mol. The molecule has 1 aromatic carbocycles. The summed E-state index contributed by atoms with van der Waals surface area (Å²) < 4.78 is 18.1. The van der Waals surface area contributed by atoms with E-state index in [1.165, 1.54) is 12.1 Å². The Morgan fingerprint density at radius 1 is 1.42 bits per heavy atom. The summed E-state index contributed by atoms with van der Waals surface area (Å²) in [6, 6.07) is 2.95. The van der Waals surface area contributed by atoms with Crippen LogP contribution in [-0.4, -0.2) is 6.61 Å². The van der Waals surface area contributed by atoms with Crippen molar-refractivity contribution in [2.45, 2.75) is 6.92 Å². The van der Waals surface area contributed by atoms with Crippen LogP contribution in [-0.2, 0) is 0 Å². The molecule has 0 saturated heterocycles. The van der Waals surface area contributed by atoms with Gasteiger partial charge in [0.25, 0.3) is 0 Å². The highest BCUT2D eigenvalue weighted by Crippen LogP contribution is 2.30. The van der Waals surface area contributed by atoms with E-state index in [0.717, 1.165) is 0 Å². The summed E-state index contributed by atoms with van der Waals surface area (Å²) in [5.74, 6) is -0.474. The van der Waals surface area contributed by atoms with E-state index < -0.39 is 5.82 Å². The van der Waals surface area contributed by atoms with Crippen LogP contribution in [0.4, 0.5) is 4.39 Å². The van der Waals surface area contributed by atoms with Crippen molar-refractivity contribution < 1.29 is 9.13 Å². The molecule has 1 nitrogen and oxygen atoms in total. The SMILES string of the molecule is CCOc1ccc(Cl)c(Cl)c1F. The lowest BCUT2D eigenvalue weighted by molar-refractivity contribution is 0.321. The van der Waals surface area contributed by atoms with Crippen LogP contribution in [0.5, 0.6) is 5.75 Å². The van der Waals surface area contributed by atoms with Gasteiger partial charge in [0.15, 0.2) is 11.6 Å². The van der Waals surface area contributed by atoms with E-state index >= 15 is 0 Å². The number of benzene rings is 1. The summed E-state index contributed by atoms with van der Waals surface area (Å²) in [5.41, 5.74) is 0. The molecule has 12 heavy (non-hydrogen) atoms. The molecule has 0 spiro atoms. The third kappa shape index (κ3) is 1.82. The molecule has 0 aromatic heterocycles. The summed E-state index contributed by atoms with van der Waals surface area (Å²) in [6.45, 7) is 2.16. The zero-order valence-corrected chi connectivity index (χ0v) is 7.92. The fourth-order valence-corrected chi connectivity index (χ4v) is 1.08. The van der Waals surface area contributed by atoms with Crippen LogP contribution in [0.3, 0.4) is 0 Å². The first-order valence-corrected chi connectivity index (χ1v) is 4.18. The van der Waals surface area contributed by atoms with E-state index in [4.69, 9.17) is 27.9 Å². The average Bonchev–Trinajstić information content (AvgIpc) is 2.07. The Kier molecular flexibility index (Phi) is 3.18. The number of rotatable bonds is 2. The lowest BCUT2D eigenvalue weighted by Gasteiger charge is -2.05. The molecule has 0 amide bonds. The Bertz CT molecular complexity index is 289. The van der Waals surface area contributed by atoms with Gasteiger partial charge in [-0.3, -0.25) is 0 Å². The van der Waals surface area contributed by atoms with Crippen molar-refractivity contribution in [2.24, 2.45) is 0 Å². The molecular formula is C8H7Cl2FO. The van der Waals surface area contributed by atoms with Crippen molar-refractivity contribution in [1.29, 1.82) is 0 Å². The first-order chi connectivity index (χ1) is 5.66. The molecule has 0 saturated carbocycles. The van der Waals surface area contributed by atoms with E-state index in [-0.39, 0.29) is 15.8 Å². The first kappa shape index (κ1) is 9.62. The molecule has 4 heteroatoms. The third-order valence-corrected chi connectivity index (χ3v) is 2.08. The summed E-state index contributed by atoms with van der Waals surface area (Å²) in [4.78, 5) is 0. The smallest absolute Gasteiger partial charge is 0.185 e. The predicted molar refractivity (Wildman–Crippen MR) is 47.6 cm³/mol. The fourth-order valence-electron chi connectivity index (χ4n) is 0.775. The van der Waals surface area contributed by atoms with Gasteiger partial charge in [-0.1, -0.05) is 23.2 Å². The summed E-state index contributed by atoms with van der Waals surface area (Å²) >= 11 is 11.1. The molecule has 0 heterocycles. The van der Waals surface area contributed by atoms with Crippen LogP contribution in [0.25, 0.3) is 0 Å². The largest absolute Gasteiger partial charge is 0.491 e. The quantitative estimate of drug-likeness (QED) is 0.677. The van der Waals surface area contributed by atoms with Gasteiger partial charge in [-0.25, -0.2) is 4.39 Å². The Hall–Kier alpha value is -0.470. The average molecular weight is 209 g/mol. The highest BCUT2D eigenvalue weighted by atomic mass is 35.5. The normalized spacial score (nSPS) is 10.0. The summed E-state index contributed by atoms with van der Waals surface area (Å²) in [5, 5.41) is 0.0974. The van der Waals surface area contributed by atoms with Gasteiger partial charge in [0.05, 0.1) is 16.7 Å². The molecule has 0 atom stereocenters. The fraction of sp³-hybridized carbons (Fsp3) is 0.250. The number of halogens is 3. The first-order valence-electron chi connectivity index (χ1n) is 3.43. The van der Waals surface area contributed by atoms with Crippen LogP contribution < -0.4 is 4.74 Å². The second kappa shape index (κ2) is 3.97. The molecule has 0 aliphatic rings. The predicted octanol–water partition coefficient (Wildman–Crippen LogP) is 3.53. The van der Waals surface area contributed by atoms with Gasteiger partial charge in [0.2, 0.25) is 0 Å². The van der Waals surface area contributed by atoms with Gasteiger partial charge < -0.3 is 4.74 Å². The van der Waals surface area contributed by atoms with E-state index in [2.05, 4.69) is 0 Å². The molecule has 0 bridgehead atoms. The summed E-state index contributed by atoms with van der Waals surface area (Å²) in [7, 11) is 0. The lowest BCUT2D eigenvalue weighted by atomic mass is 10.3. The van der Waals surface area contributed by atoms with Gasteiger partial charge in [0, 0.05) is 0 Å². The molecule has 0 radical (unpaired) electrons. The maximum Gasteiger partial charge on any atom is 0.185 e. The minimum absolute atomic E-state index is 0.0948. The van der Waals surface area contributed by atoms with Gasteiger partial charge in [-0.2, -0.15) is 0 Å². The topological polar surface area (TPSA) is 9.23 Å². The Balaban J connectivity index is 3.08. The van der Waals surface area contributed by atoms with Crippen LogP contribution in [0.15, 0.2) is 12.1 Å². The zero-order valence-electron chi connectivity index (χ0n) is 6.40. The Morgan fingerprint density at radius 3 is 2.67 bits per heavy atom. The highest BCUT2D eigenvalue weighted by molar-refractivity contribution is 6.42. The molecule has 0 fully saturated rings. The van der Waals surface area contributed by atoms with Crippen molar-refractivity contribution in [2.75, 3.05) is 6.61 Å². The second-order valence-corrected chi connectivity index (χ2v) is 2.89. The third-order valence-electron chi connectivity index (χ3n) is 1.30. The molecule has 0 N–H and O–H groups in total. The van der Waals surface area contributed by atoms with E-state index in [0.29, 0.717) is 6.61 Å². The van der Waals surface area contributed by atoms with Crippen molar-refractivity contribution in [3.05, 3.63) is 28.0 Å². The van der Waals surface area contributed by atoms with Crippen molar-refractivity contribution >= 4 is 23.2 Å². The van der Waals surface area contributed by atoms with E-state index in [1.54, 1.807) is 6.92 Å². The van der Waals surface area contributed by atoms with Crippen LogP contribution in [0, 0.1) is 5.82 Å². The minimum atomic E-state index is -0.606. The standard InChI is InChI=1S/C8H7Cl2FO/c1-2-12-6-4-3-5(9)7(10)8(6)11/h3-4H,2H2,1H3. The van der Waals surface area contributed by atoms with Crippen molar-refractivity contribution in [3.63, 3.8) is 0 Å². The second-order valence-electron chi connectivity index (χ2n) is 2.11. The molecule has 1 rings (SSSR count). The van der Waals surface area contributed by atoms with Crippen LogP contribution in [0.1, 0.15) is 6.92 Å². The Morgan fingerprint density at radius 2 is 2.08 bits per heavy atom. The number of hydrogen-bond donors (Lipinski definition) is 0. The molecule has 0 aliphatic carbocycles. The molecular weight excluding hydrogens is 202 g/mol.